The van der Waals surface area contributed by atoms with Gasteiger partial charge in [-0.2, -0.15) is 0 Å². The second-order valence-corrected chi connectivity index (χ2v) is 6.20. The van der Waals surface area contributed by atoms with Gasteiger partial charge < -0.3 is 10.2 Å². The van der Waals surface area contributed by atoms with Crippen molar-refractivity contribution in [2.24, 2.45) is 0 Å². The Morgan fingerprint density at radius 2 is 1.88 bits per heavy atom. The summed E-state index contributed by atoms with van der Waals surface area (Å²) in [6.07, 6.45) is 3.46. The number of hydrogen-bond acceptors (Lipinski definition) is 5. The minimum Gasteiger partial charge on any atom is -0.338 e. The first-order valence-electron chi connectivity index (χ1n) is 8.37. The number of aromatic nitrogens is 2. The molecule has 6 nitrogen and oxygen atoms in total. The van der Waals surface area contributed by atoms with Gasteiger partial charge in [0.25, 0.3) is 0 Å². The van der Waals surface area contributed by atoms with E-state index in [1.807, 2.05) is 13.8 Å². The van der Waals surface area contributed by atoms with Gasteiger partial charge in [0.1, 0.15) is 5.82 Å². The lowest BCUT2D eigenvalue weighted by molar-refractivity contribution is -0.120. The smallest absolute Gasteiger partial charge is 0.241 e. The van der Waals surface area contributed by atoms with Gasteiger partial charge in [-0.3, -0.25) is 9.69 Å². The third-order valence-corrected chi connectivity index (χ3v) is 4.53. The van der Waals surface area contributed by atoms with Crippen LogP contribution in [0.15, 0.2) is 36.7 Å². The normalized spacial score (nSPS) is 16.5. The molecule has 0 radical (unpaired) electrons. The number of carbonyl (C=O) groups is 1. The molecule has 1 aromatic heterocycles. The highest BCUT2D eigenvalue weighted by Crippen LogP contribution is 2.18. The van der Waals surface area contributed by atoms with Gasteiger partial charge in [-0.05, 0) is 37.6 Å². The number of piperazine rings is 1. The zero-order chi connectivity index (χ0) is 17.8. The average Bonchev–Trinajstić information content (AvgIpc) is 2.65. The van der Waals surface area contributed by atoms with Gasteiger partial charge in [0.15, 0.2) is 0 Å². The van der Waals surface area contributed by atoms with Crippen LogP contribution < -0.4 is 10.2 Å². The maximum Gasteiger partial charge on any atom is 0.241 e. The van der Waals surface area contributed by atoms with Crippen molar-refractivity contribution in [1.82, 2.24) is 14.9 Å². The molecule has 25 heavy (non-hydrogen) atoms. The van der Waals surface area contributed by atoms with Crippen LogP contribution in [0.4, 0.5) is 16.0 Å². The van der Waals surface area contributed by atoms with E-state index in [9.17, 15) is 9.18 Å². The highest BCUT2D eigenvalue weighted by Gasteiger charge is 2.26. The van der Waals surface area contributed by atoms with Crippen molar-refractivity contribution in [2.45, 2.75) is 19.9 Å². The van der Waals surface area contributed by atoms with E-state index in [1.54, 1.807) is 24.5 Å². The maximum absolute atomic E-state index is 13.4. The van der Waals surface area contributed by atoms with Crippen molar-refractivity contribution < 1.29 is 9.18 Å². The first-order valence-corrected chi connectivity index (χ1v) is 8.37. The summed E-state index contributed by atoms with van der Waals surface area (Å²) in [5.74, 6) is 0.234. The molecule has 0 spiro atoms. The van der Waals surface area contributed by atoms with E-state index < -0.39 is 0 Å². The SMILES string of the molecule is Cc1ccc(F)cc1NC(=O)C(C)N1CCN(c2ncccn2)CC1. The Bertz CT molecular complexity index is 732. The molecule has 0 aliphatic carbocycles. The summed E-state index contributed by atoms with van der Waals surface area (Å²) in [5.41, 5.74) is 1.36. The second kappa shape index (κ2) is 7.57. The topological polar surface area (TPSA) is 61.4 Å². The summed E-state index contributed by atoms with van der Waals surface area (Å²) in [6.45, 7) is 6.74. The summed E-state index contributed by atoms with van der Waals surface area (Å²) in [6, 6.07) is 5.90. The van der Waals surface area contributed by atoms with E-state index in [1.165, 1.54) is 12.1 Å². The van der Waals surface area contributed by atoms with E-state index in [-0.39, 0.29) is 17.8 Å². The highest BCUT2D eigenvalue weighted by atomic mass is 19.1. The van der Waals surface area contributed by atoms with Gasteiger partial charge in [-0.15, -0.1) is 0 Å². The zero-order valence-electron chi connectivity index (χ0n) is 14.4. The van der Waals surface area contributed by atoms with Crippen LogP contribution in [0.25, 0.3) is 0 Å². The largest absolute Gasteiger partial charge is 0.338 e. The fourth-order valence-electron chi connectivity index (χ4n) is 2.90. The predicted octanol–water partition coefficient (Wildman–Crippen LogP) is 2.07. The number of rotatable bonds is 4. The lowest BCUT2D eigenvalue weighted by Gasteiger charge is -2.37. The molecule has 1 atom stereocenters. The summed E-state index contributed by atoms with van der Waals surface area (Å²) in [5, 5.41) is 2.83. The molecule has 0 bridgehead atoms. The molecule has 3 rings (SSSR count). The summed E-state index contributed by atoms with van der Waals surface area (Å²) < 4.78 is 13.4. The number of nitrogens with zero attached hydrogens (tertiary/aromatic N) is 4. The van der Waals surface area contributed by atoms with Crippen molar-refractivity contribution in [2.75, 3.05) is 36.4 Å². The summed E-state index contributed by atoms with van der Waals surface area (Å²) in [4.78, 5) is 25.3. The van der Waals surface area contributed by atoms with Crippen LogP contribution in [0.5, 0.6) is 0 Å². The van der Waals surface area contributed by atoms with Crippen molar-refractivity contribution in [3.8, 4) is 0 Å². The molecule has 2 heterocycles. The minimum absolute atomic E-state index is 0.127. The van der Waals surface area contributed by atoms with Crippen molar-refractivity contribution in [3.05, 3.63) is 48.0 Å². The molecule has 1 N–H and O–H groups in total. The summed E-state index contributed by atoms with van der Waals surface area (Å²) in [7, 11) is 0. The number of anilines is 2. The molecule has 0 saturated carbocycles. The van der Waals surface area contributed by atoms with E-state index in [0.717, 1.165) is 37.7 Å². The van der Waals surface area contributed by atoms with Gasteiger partial charge in [0.2, 0.25) is 11.9 Å². The quantitative estimate of drug-likeness (QED) is 0.921. The van der Waals surface area contributed by atoms with Gasteiger partial charge in [-0.25, -0.2) is 14.4 Å². The van der Waals surface area contributed by atoms with E-state index in [4.69, 9.17) is 0 Å². The molecule has 1 aliphatic rings. The van der Waals surface area contributed by atoms with Gasteiger partial charge in [-0.1, -0.05) is 6.07 Å². The number of benzene rings is 1. The Balaban J connectivity index is 1.57. The molecular weight excluding hydrogens is 321 g/mol. The van der Waals surface area contributed by atoms with Crippen LogP contribution in [0.3, 0.4) is 0 Å². The predicted molar refractivity (Wildman–Crippen MR) is 95.0 cm³/mol. The Morgan fingerprint density at radius 1 is 1.20 bits per heavy atom. The Kier molecular flexibility index (Phi) is 5.23. The highest BCUT2D eigenvalue weighted by molar-refractivity contribution is 5.95. The first-order chi connectivity index (χ1) is 12.0. The van der Waals surface area contributed by atoms with Crippen LogP contribution >= 0.6 is 0 Å². The zero-order valence-corrected chi connectivity index (χ0v) is 14.4. The van der Waals surface area contributed by atoms with Crippen molar-refractivity contribution >= 4 is 17.5 Å². The molecule has 1 aliphatic heterocycles. The fraction of sp³-hybridized carbons (Fsp3) is 0.389. The number of hydrogen-bond donors (Lipinski definition) is 1. The molecule has 1 fully saturated rings. The number of nitrogens with one attached hydrogen (secondary N) is 1. The number of aryl methyl sites for hydroxylation is 1. The second-order valence-electron chi connectivity index (χ2n) is 6.20. The molecule has 7 heteroatoms. The lowest BCUT2D eigenvalue weighted by Crippen LogP contribution is -2.53. The van der Waals surface area contributed by atoms with Crippen molar-refractivity contribution in [3.63, 3.8) is 0 Å². The Labute approximate surface area is 146 Å². The molecular formula is C18H22FN5O. The average molecular weight is 343 g/mol. The third-order valence-electron chi connectivity index (χ3n) is 4.53. The van der Waals surface area contributed by atoms with Crippen LogP contribution in [-0.2, 0) is 4.79 Å². The lowest BCUT2D eigenvalue weighted by atomic mass is 10.1. The van der Waals surface area contributed by atoms with Gasteiger partial charge in [0.05, 0.1) is 6.04 Å². The maximum atomic E-state index is 13.4. The van der Waals surface area contributed by atoms with Crippen LogP contribution in [-0.4, -0.2) is 53.0 Å². The van der Waals surface area contributed by atoms with Crippen LogP contribution in [0.2, 0.25) is 0 Å². The number of amides is 1. The minimum atomic E-state index is -0.356. The molecule has 1 aromatic carbocycles. The van der Waals surface area contributed by atoms with Crippen LogP contribution in [0.1, 0.15) is 12.5 Å². The standard InChI is InChI=1S/C18H22FN5O/c1-13-4-5-15(19)12-16(13)22-17(25)14(2)23-8-10-24(11-9-23)18-20-6-3-7-21-18/h3-7,12,14H,8-11H2,1-2H3,(H,22,25). The first kappa shape index (κ1) is 17.3. The molecule has 1 amide bonds. The fourth-order valence-corrected chi connectivity index (χ4v) is 2.90. The number of carbonyl (C=O) groups excluding carboxylic acids is 1. The van der Waals surface area contributed by atoms with Gasteiger partial charge in [0, 0.05) is 44.3 Å². The molecule has 1 unspecified atom stereocenters. The van der Waals surface area contributed by atoms with Crippen molar-refractivity contribution in [1.29, 1.82) is 0 Å². The van der Waals surface area contributed by atoms with E-state index >= 15 is 0 Å². The van der Waals surface area contributed by atoms with Crippen LogP contribution in [0, 0.1) is 12.7 Å². The molecule has 1 saturated heterocycles. The molecule has 2 aromatic rings. The Hall–Kier alpha value is -2.54. The monoisotopic (exact) mass is 343 g/mol. The Morgan fingerprint density at radius 3 is 2.56 bits per heavy atom. The third kappa shape index (κ3) is 4.11. The van der Waals surface area contributed by atoms with E-state index in [2.05, 4.69) is 25.1 Å². The summed E-state index contributed by atoms with van der Waals surface area (Å²) >= 11 is 0. The van der Waals surface area contributed by atoms with E-state index in [0.29, 0.717) is 5.69 Å². The number of halogens is 1. The molecule has 132 valence electrons. The van der Waals surface area contributed by atoms with Gasteiger partial charge >= 0.3 is 0 Å².